The van der Waals surface area contributed by atoms with Crippen LogP contribution < -0.4 is 4.74 Å². The Hall–Kier alpha value is -4.95. The van der Waals surface area contributed by atoms with E-state index in [2.05, 4.69) is 0 Å². The van der Waals surface area contributed by atoms with Gasteiger partial charge < -0.3 is 48.3 Å². The number of piperidine rings is 1. The third-order valence-corrected chi connectivity index (χ3v) is 16.0. The number of aliphatic hydroxyl groups is 2. The lowest BCUT2D eigenvalue weighted by molar-refractivity contribution is -0.384. The fraction of sp³-hybridized carbons (Fsp3) is 0.672. The van der Waals surface area contributed by atoms with Crippen molar-refractivity contribution < 1.29 is 72.3 Å². The second-order valence-corrected chi connectivity index (χ2v) is 21.7. The molecular formula is C58H84N2O16. The van der Waals surface area contributed by atoms with Crippen LogP contribution in [0.1, 0.15) is 126 Å². The minimum atomic E-state index is -2.46. The maximum atomic E-state index is 14.6. The molecule has 3 fully saturated rings. The van der Waals surface area contributed by atoms with Gasteiger partial charge in [-0.2, -0.15) is 0 Å². The van der Waals surface area contributed by atoms with E-state index in [-0.39, 0.29) is 73.0 Å². The van der Waals surface area contributed by atoms with E-state index in [1.54, 1.807) is 41.1 Å². The number of ether oxygens (including phenoxy) is 7. The molecule has 15 atom stereocenters. The van der Waals surface area contributed by atoms with Gasteiger partial charge in [0, 0.05) is 70.6 Å². The summed E-state index contributed by atoms with van der Waals surface area (Å²) in [5.74, 6) is -8.07. The van der Waals surface area contributed by atoms with Crippen LogP contribution in [0.2, 0.25) is 0 Å². The Morgan fingerprint density at radius 1 is 0.855 bits per heavy atom. The number of methoxy groups -OCH3 is 3. The zero-order valence-corrected chi connectivity index (χ0v) is 46.3. The quantitative estimate of drug-likeness (QED) is 0.0531. The zero-order chi connectivity index (χ0) is 55.9. The van der Waals surface area contributed by atoms with Crippen molar-refractivity contribution in [3.05, 3.63) is 82.0 Å². The molecule has 76 heavy (non-hydrogen) atoms. The summed E-state index contributed by atoms with van der Waals surface area (Å²) in [6, 6.07) is 4.28. The number of benzene rings is 1. The van der Waals surface area contributed by atoms with Gasteiger partial charge >= 0.3 is 5.97 Å². The third kappa shape index (κ3) is 16.5. The number of non-ortho nitro benzene ring substituents is 1. The number of aliphatic hydroxyl groups excluding tert-OH is 1. The molecule has 0 radical (unpaired) electrons. The molecule has 1 aliphatic carbocycles. The third-order valence-electron chi connectivity index (χ3n) is 16.0. The van der Waals surface area contributed by atoms with E-state index in [9.17, 15) is 44.3 Å². The van der Waals surface area contributed by atoms with Crippen molar-refractivity contribution in [2.24, 2.45) is 35.5 Å². The number of esters is 1. The summed E-state index contributed by atoms with van der Waals surface area (Å²) < 4.78 is 42.0. The first-order valence-corrected chi connectivity index (χ1v) is 27.1. The number of hydrogen-bond donors (Lipinski definition) is 2. The Kier molecular flexibility index (Phi) is 23.7. The second kappa shape index (κ2) is 29.1. The van der Waals surface area contributed by atoms with Gasteiger partial charge in [0.05, 0.1) is 29.3 Å². The normalized spacial score (nSPS) is 35.0. The number of nitro benzene ring substituents is 1. The Morgan fingerprint density at radius 3 is 2.25 bits per heavy atom. The number of amides is 1. The van der Waals surface area contributed by atoms with Crippen LogP contribution in [0.4, 0.5) is 5.69 Å². The molecule has 3 aliphatic heterocycles. The molecule has 0 aromatic heterocycles. The molecule has 1 amide bonds. The molecular weight excluding hydrogens is 981 g/mol. The monoisotopic (exact) mass is 1060 g/mol. The second-order valence-electron chi connectivity index (χ2n) is 21.7. The highest BCUT2D eigenvalue weighted by Crippen LogP contribution is 2.38. The van der Waals surface area contributed by atoms with Gasteiger partial charge in [-0.1, -0.05) is 71.1 Å². The SMILES string of the molecule is CO[C@H]1C[C@@H]2CC[C@@H](C)[C@@](O)(O2)C(=O)C(=O)N2CCCC[C@H]2C(=O)O[C@H]([C@H](C)C[C@@H]2CC[C@@H](O)[C@H](OC)C2)CC(=O)[C@H](C)/C=C(\C)[C@@H](OCOc2ccc([N+](=O)[O-])cc2)[C@@H](OC)C(=O)[C@H](C)C[C@H](C)/C=C/C=CC=C1C. The average molecular weight is 1070 g/mol. The molecule has 4 aliphatic rings. The zero-order valence-electron chi connectivity index (χ0n) is 46.3. The molecule has 1 aromatic carbocycles. The van der Waals surface area contributed by atoms with Gasteiger partial charge in [-0.05, 0) is 119 Å². The van der Waals surface area contributed by atoms with E-state index in [0.29, 0.717) is 69.8 Å². The van der Waals surface area contributed by atoms with Crippen LogP contribution in [0.25, 0.3) is 0 Å². The van der Waals surface area contributed by atoms with Crippen molar-refractivity contribution in [3.8, 4) is 5.75 Å². The lowest BCUT2D eigenvalue weighted by atomic mass is 9.78. The summed E-state index contributed by atoms with van der Waals surface area (Å²) in [5, 5.41) is 33.9. The molecule has 422 valence electrons. The van der Waals surface area contributed by atoms with Crippen molar-refractivity contribution in [3.63, 3.8) is 0 Å². The number of carbonyl (C=O) groups is 5. The molecule has 2 N–H and O–H groups in total. The maximum Gasteiger partial charge on any atom is 0.329 e. The first kappa shape index (κ1) is 61.9. The number of allylic oxidation sites excluding steroid dienone is 6. The van der Waals surface area contributed by atoms with Crippen LogP contribution in [-0.4, -0.2) is 138 Å². The molecule has 0 spiro atoms. The first-order chi connectivity index (χ1) is 36.1. The molecule has 0 unspecified atom stereocenters. The smallest absolute Gasteiger partial charge is 0.329 e. The van der Waals surface area contributed by atoms with E-state index in [0.717, 1.165) is 5.57 Å². The van der Waals surface area contributed by atoms with Crippen LogP contribution in [0.15, 0.2) is 71.9 Å². The van der Waals surface area contributed by atoms with Crippen molar-refractivity contribution in [1.82, 2.24) is 4.90 Å². The number of nitro groups is 1. The number of carbonyl (C=O) groups excluding carboxylic acids is 5. The number of cyclic esters (lactones) is 1. The van der Waals surface area contributed by atoms with E-state index in [1.165, 1.54) is 36.3 Å². The minimum Gasteiger partial charge on any atom is -0.468 e. The lowest BCUT2D eigenvalue weighted by Gasteiger charge is -2.42. The molecule has 18 heteroatoms. The van der Waals surface area contributed by atoms with Crippen LogP contribution >= 0.6 is 0 Å². The summed E-state index contributed by atoms with van der Waals surface area (Å²) >= 11 is 0. The van der Waals surface area contributed by atoms with E-state index >= 15 is 0 Å². The topological polar surface area (TPSA) is 237 Å². The van der Waals surface area contributed by atoms with Crippen molar-refractivity contribution in [2.45, 2.75) is 180 Å². The highest BCUT2D eigenvalue weighted by molar-refractivity contribution is 6.39. The van der Waals surface area contributed by atoms with Crippen LogP contribution in [0.3, 0.4) is 0 Å². The summed E-state index contributed by atoms with van der Waals surface area (Å²) in [6.45, 7) is 12.4. The van der Waals surface area contributed by atoms with E-state index in [1.807, 2.05) is 58.1 Å². The van der Waals surface area contributed by atoms with Gasteiger partial charge in [-0.25, -0.2) is 4.79 Å². The fourth-order valence-electron chi connectivity index (χ4n) is 11.2. The first-order valence-electron chi connectivity index (χ1n) is 27.1. The van der Waals surface area contributed by atoms with Gasteiger partial charge in [0.25, 0.3) is 17.4 Å². The molecule has 5 rings (SSSR count). The molecule has 1 saturated carbocycles. The highest BCUT2D eigenvalue weighted by Gasteiger charge is 2.53. The number of nitrogens with zero attached hydrogens (tertiary/aromatic N) is 2. The molecule has 3 heterocycles. The summed E-state index contributed by atoms with van der Waals surface area (Å²) in [6.07, 6.45) is 11.0. The van der Waals surface area contributed by atoms with Gasteiger partial charge in [0.1, 0.15) is 35.9 Å². The molecule has 2 bridgehead atoms. The standard InChI is InChI=1S/C58H84N2O16/c1-35-16-12-11-13-17-36(2)49(70-8)32-45-23-19-41(7)58(67,76-45)55(64)56(65)59-27-15-14-18-46(59)57(66)75-50(38(4)30-42-20-26-47(61)51(31-42)71-9)33-48(62)37(3)29-40(6)53(54(72-10)52(63)39(5)28-35)74-34-73-44-24-21-43(22-25-44)60(68)69/h11-13,16-17,21-22,24-25,29,35,37-39,41-42,45-47,49-51,53-54,61,67H,14-15,18-20,23,26-28,30-34H2,1-10H3/b13-11?,16-12+,36-17?,40-29+/t35-,37-,38-,39-,41-,42+,45+,46+,47-,49+,50+,51-,53-,54+,58-/m1/s1. The summed E-state index contributed by atoms with van der Waals surface area (Å²) in [4.78, 5) is 84.2. The van der Waals surface area contributed by atoms with Gasteiger partial charge in [0.15, 0.2) is 12.6 Å². The van der Waals surface area contributed by atoms with Gasteiger partial charge in [0.2, 0.25) is 5.79 Å². The highest BCUT2D eigenvalue weighted by atomic mass is 16.7. The minimum absolute atomic E-state index is 0.0384. The Labute approximate surface area is 448 Å². The Bertz CT molecular complexity index is 2260. The predicted octanol–water partition coefficient (Wildman–Crippen LogP) is 8.15. The number of ketones is 3. The van der Waals surface area contributed by atoms with E-state index < -0.39 is 88.8 Å². The number of rotatable bonds is 11. The maximum absolute atomic E-state index is 14.6. The molecule has 1 aromatic rings. The molecule has 18 nitrogen and oxygen atoms in total. The summed E-state index contributed by atoms with van der Waals surface area (Å²) in [7, 11) is 4.53. The fourth-order valence-corrected chi connectivity index (χ4v) is 11.2. The summed E-state index contributed by atoms with van der Waals surface area (Å²) in [5.41, 5.74) is 1.22. The van der Waals surface area contributed by atoms with Crippen molar-refractivity contribution >= 4 is 34.9 Å². The van der Waals surface area contributed by atoms with Crippen LogP contribution in [-0.2, 0) is 52.4 Å². The number of hydrogen-bond acceptors (Lipinski definition) is 16. The van der Waals surface area contributed by atoms with Gasteiger partial charge in [-0.3, -0.25) is 29.3 Å². The number of fused-ring (bicyclic) bond motifs is 3. The van der Waals surface area contributed by atoms with Crippen LogP contribution in [0, 0.1) is 45.6 Å². The Balaban J connectivity index is 1.52. The van der Waals surface area contributed by atoms with Crippen molar-refractivity contribution in [2.75, 3.05) is 34.7 Å². The molecule has 2 saturated heterocycles. The van der Waals surface area contributed by atoms with Crippen LogP contribution in [0.5, 0.6) is 5.75 Å². The Morgan fingerprint density at radius 2 is 1.58 bits per heavy atom. The average Bonchev–Trinajstić information content (AvgIpc) is 3.40. The van der Waals surface area contributed by atoms with E-state index in [4.69, 9.17) is 33.2 Å². The lowest BCUT2D eigenvalue weighted by Crippen LogP contribution is -2.61. The number of Topliss-reactive ketones (excluding diaryl/α,β-unsaturated/α-hetero) is 3. The largest absolute Gasteiger partial charge is 0.468 e. The predicted molar refractivity (Wildman–Crippen MR) is 283 cm³/mol. The van der Waals surface area contributed by atoms with Gasteiger partial charge in [-0.15, -0.1) is 0 Å². The van der Waals surface area contributed by atoms with Crippen molar-refractivity contribution in [1.29, 1.82) is 0 Å².